The van der Waals surface area contributed by atoms with Crippen LogP contribution >= 0.6 is 0 Å². The third-order valence-corrected chi connectivity index (χ3v) is 5.15. The molecule has 2 unspecified atom stereocenters. The van der Waals surface area contributed by atoms with Crippen LogP contribution in [0.15, 0.2) is 54.6 Å². The number of halogens is 3. The summed E-state index contributed by atoms with van der Waals surface area (Å²) in [5, 5.41) is 6.28. The van der Waals surface area contributed by atoms with Crippen LogP contribution in [0.4, 0.5) is 13.2 Å². The number of amides is 1. The van der Waals surface area contributed by atoms with Crippen molar-refractivity contribution in [2.75, 3.05) is 13.1 Å². The van der Waals surface area contributed by atoms with Crippen LogP contribution in [-0.2, 0) is 16.5 Å². The molecule has 3 rings (SSSR count). The maximum atomic E-state index is 12.9. The Labute approximate surface area is 157 Å². The average Bonchev–Trinajstić information content (AvgIpc) is 3.11. The summed E-state index contributed by atoms with van der Waals surface area (Å²) in [5.74, 6) is -0.581. The zero-order chi connectivity index (χ0) is 19.7. The Morgan fingerprint density at radius 2 is 1.59 bits per heavy atom. The molecule has 2 aromatic carbocycles. The maximum absolute atomic E-state index is 12.9. The van der Waals surface area contributed by atoms with Crippen molar-refractivity contribution in [2.45, 2.75) is 31.5 Å². The molecular weight excluding hydrogens is 353 g/mol. The summed E-state index contributed by atoms with van der Waals surface area (Å²) in [6.07, 6.45) is -4.36. The van der Waals surface area contributed by atoms with Crippen molar-refractivity contribution in [1.29, 1.82) is 0 Å². The summed E-state index contributed by atoms with van der Waals surface area (Å²) in [6.45, 7) is 4.95. The van der Waals surface area contributed by atoms with Crippen molar-refractivity contribution in [3.63, 3.8) is 0 Å². The fraction of sp³-hybridized carbons (Fsp3) is 0.381. The Bertz CT molecular complexity index is 785. The Hall–Kier alpha value is -2.34. The first-order valence-corrected chi connectivity index (χ1v) is 8.94. The van der Waals surface area contributed by atoms with Crippen LogP contribution in [0, 0.1) is 5.92 Å². The number of carbonyl (C=O) groups is 1. The van der Waals surface area contributed by atoms with E-state index in [1.54, 1.807) is 0 Å². The minimum atomic E-state index is -4.36. The van der Waals surface area contributed by atoms with Gasteiger partial charge < -0.3 is 10.6 Å². The number of hydrogen-bond acceptors (Lipinski definition) is 2. The Morgan fingerprint density at radius 3 is 2.19 bits per heavy atom. The molecule has 1 aliphatic heterocycles. The van der Waals surface area contributed by atoms with E-state index in [-0.39, 0.29) is 17.7 Å². The average molecular weight is 376 g/mol. The first-order chi connectivity index (χ1) is 12.7. The molecule has 27 heavy (non-hydrogen) atoms. The zero-order valence-electron chi connectivity index (χ0n) is 15.3. The minimum absolute atomic E-state index is 0.0984. The smallest absolute Gasteiger partial charge is 0.347 e. The van der Waals surface area contributed by atoms with Crippen LogP contribution < -0.4 is 10.6 Å². The predicted molar refractivity (Wildman–Crippen MR) is 98.2 cm³/mol. The number of alkyl halides is 3. The number of rotatable bonds is 4. The van der Waals surface area contributed by atoms with Crippen LogP contribution in [0.1, 0.15) is 36.5 Å². The summed E-state index contributed by atoms with van der Waals surface area (Å²) in [4.78, 5) is 12.9. The third kappa shape index (κ3) is 4.33. The molecule has 2 aromatic rings. The van der Waals surface area contributed by atoms with Crippen molar-refractivity contribution in [3.8, 4) is 0 Å². The lowest BCUT2D eigenvalue weighted by Gasteiger charge is -2.30. The van der Waals surface area contributed by atoms with Gasteiger partial charge in [0.25, 0.3) is 0 Å². The molecule has 0 bridgehead atoms. The van der Waals surface area contributed by atoms with E-state index in [4.69, 9.17) is 0 Å². The van der Waals surface area contributed by atoms with Crippen LogP contribution in [0.25, 0.3) is 0 Å². The monoisotopic (exact) mass is 376 g/mol. The predicted octanol–water partition coefficient (Wildman–Crippen LogP) is 4.06. The van der Waals surface area contributed by atoms with Crippen LogP contribution in [-0.4, -0.2) is 19.0 Å². The molecule has 1 fully saturated rings. The van der Waals surface area contributed by atoms with Gasteiger partial charge in [-0.3, -0.25) is 4.79 Å². The fourth-order valence-electron chi connectivity index (χ4n) is 3.55. The summed E-state index contributed by atoms with van der Waals surface area (Å²) >= 11 is 0. The standard InChI is InChI=1S/C21H23F3N2O/c1-20(2,15-6-4-3-5-7-15)26-19(27)18-13-25-12-17(18)14-8-10-16(11-9-14)21(22,23)24/h3-11,17-18,25H,12-13H2,1-2H3,(H,26,27). The molecule has 0 radical (unpaired) electrons. The van der Waals surface area contributed by atoms with Gasteiger partial charge >= 0.3 is 6.18 Å². The van der Waals surface area contributed by atoms with Gasteiger partial charge in [0.1, 0.15) is 0 Å². The normalized spacial score (nSPS) is 20.5. The van der Waals surface area contributed by atoms with E-state index < -0.39 is 17.3 Å². The van der Waals surface area contributed by atoms with Gasteiger partial charge in [-0.1, -0.05) is 42.5 Å². The van der Waals surface area contributed by atoms with Gasteiger partial charge in [0.2, 0.25) is 5.91 Å². The lowest BCUT2D eigenvalue weighted by atomic mass is 9.86. The third-order valence-electron chi connectivity index (χ3n) is 5.15. The molecule has 144 valence electrons. The summed E-state index contributed by atoms with van der Waals surface area (Å²) < 4.78 is 38.3. The van der Waals surface area contributed by atoms with Crippen molar-refractivity contribution in [1.82, 2.24) is 10.6 Å². The van der Waals surface area contributed by atoms with Gasteiger partial charge in [0.05, 0.1) is 17.0 Å². The van der Waals surface area contributed by atoms with Crippen LogP contribution in [0.2, 0.25) is 0 Å². The molecule has 6 heteroatoms. The summed E-state index contributed by atoms with van der Waals surface area (Å²) in [5.41, 5.74) is 0.524. The highest BCUT2D eigenvalue weighted by Gasteiger charge is 2.37. The molecular formula is C21H23F3N2O. The molecule has 1 amide bonds. The number of nitrogens with one attached hydrogen (secondary N) is 2. The highest BCUT2D eigenvalue weighted by molar-refractivity contribution is 5.81. The van der Waals surface area contributed by atoms with E-state index in [2.05, 4.69) is 10.6 Å². The quantitative estimate of drug-likeness (QED) is 0.845. The zero-order valence-corrected chi connectivity index (χ0v) is 15.3. The van der Waals surface area contributed by atoms with E-state index in [1.807, 2.05) is 44.2 Å². The molecule has 0 spiro atoms. The van der Waals surface area contributed by atoms with Gasteiger partial charge in [0.15, 0.2) is 0 Å². The Kier molecular flexibility index (Phi) is 5.29. The first-order valence-electron chi connectivity index (χ1n) is 8.94. The highest BCUT2D eigenvalue weighted by Crippen LogP contribution is 2.33. The molecule has 1 heterocycles. The van der Waals surface area contributed by atoms with Crippen molar-refractivity contribution < 1.29 is 18.0 Å². The number of hydrogen-bond donors (Lipinski definition) is 2. The van der Waals surface area contributed by atoms with Gasteiger partial charge in [-0.05, 0) is 37.1 Å². The molecule has 2 N–H and O–H groups in total. The molecule has 0 aromatic heterocycles. The number of carbonyl (C=O) groups excluding carboxylic acids is 1. The van der Waals surface area contributed by atoms with Crippen LogP contribution in [0.5, 0.6) is 0 Å². The molecule has 1 saturated heterocycles. The maximum Gasteiger partial charge on any atom is 0.416 e. The van der Waals surface area contributed by atoms with E-state index in [9.17, 15) is 18.0 Å². The second kappa shape index (κ2) is 7.35. The largest absolute Gasteiger partial charge is 0.416 e. The topological polar surface area (TPSA) is 41.1 Å². The van der Waals surface area contributed by atoms with Gasteiger partial charge in [-0.25, -0.2) is 0 Å². The lowest BCUT2D eigenvalue weighted by molar-refractivity contribution is -0.137. The summed E-state index contributed by atoms with van der Waals surface area (Å²) in [7, 11) is 0. The van der Waals surface area contributed by atoms with Gasteiger partial charge in [-0.2, -0.15) is 13.2 Å². The van der Waals surface area contributed by atoms with E-state index >= 15 is 0 Å². The molecule has 0 aliphatic carbocycles. The van der Waals surface area contributed by atoms with Gasteiger partial charge in [0, 0.05) is 19.0 Å². The van der Waals surface area contributed by atoms with E-state index in [0.29, 0.717) is 13.1 Å². The van der Waals surface area contributed by atoms with E-state index in [1.165, 1.54) is 12.1 Å². The second-order valence-electron chi connectivity index (χ2n) is 7.47. The first kappa shape index (κ1) is 19.4. The van der Waals surface area contributed by atoms with Crippen molar-refractivity contribution in [3.05, 3.63) is 71.3 Å². The molecule has 0 saturated carbocycles. The highest BCUT2D eigenvalue weighted by atomic mass is 19.4. The summed E-state index contributed by atoms with van der Waals surface area (Å²) in [6, 6.07) is 14.8. The Balaban J connectivity index is 1.75. The van der Waals surface area contributed by atoms with E-state index in [0.717, 1.165) is 23.3 Å². The van der Waals surface area contributed by atoms with Crippen molar-refractivity contribution in [2.24, 2.45) is 5.92 Å². The second-order valence-corrected chi connectivity index (χ2v) is 7.47. The fourth-order valence-corrected chi connectivity index (χ4v) is 3.55. The SMILES string of the molecule is CC(C)(NC(=O)C1CNCC1c1ccc(C(F)(F)F)cc1)c1ccccc1. The van der Waals surface area contributed by atoms with Crippen LogP contribution in [0.3, 0.4) is 0 Å². The Morgan fingerprint density at radius 1 is 0.963 bits per heavy atom. The molecule has 1 aliphatic rings. The van der Waals surface area contributed by atoms with Crippen molar-refractivity contribution >= 4 is 5.91 Å². The lowest BCUT2D eigenvalue weighted by Crippen LogP contribution is -2.45. The number of benzene rings is 2. The minimum Gasteiger partial charge on any atom is -0.347 e. The van der Waals surface area contributed by atoms with Gasteiger partial charge in [-0.15, -0.1) is 0 Å². The molecule has 3 nitrogen and oxygen atoms in total. The molecule has 2 atom stereocenters.